The summed E-state index contributed by atoms with van der Waals surface area (Å²) in [5.41, 5.74) is 0.711. The van der Waals surface area contributed by atoms with Gasteiger partial charge in [0.1, 0.15) is 5.82 Å². The van der Waals surface area contributed by atoms with Gasteiger partial charge in [0.15, 0.2) is 11.5 Å². The Morgan fingerprint density at radius 1 is 1.08 bits per heavy atom. The van der Waals surface area contributed by atoms with Gasteiger partial charge in [0.2, 0.25) is 5.75 Å². The van der Waals surface area contributed by atoms with Crippen molar-refractivity contribution in [2.45, 2.75) is 6.54 Å². The first-order chi connectivity index (χ1) is 11.9. The number of benzene rings is 2. The first-order valence-corrected chi connectivity index (χ1v) is 8.20. The van der Waals surface area contributed by atoms with Crippen LogP contribution in [0.5, 0.6) is 17.2 Å². The first-order valence-electron chi connectivity index (χ1n) is 7.41. The number of halogens is 2. The largest absolute Gasteiger partial charge is 0.493 e. The lowest BCUT2D eigenvalue weighted by Gasteiger charge is -2.21. The average Bonchev–Trinajstić information content (AvgIpc) is 2.62. The molecule has 1 amide bonds. The summed E-state index contributed by atoms with van der Waals surface area (Å²) in [7, 11) is 6.15. The summed E-state index contributed by atoms with van der Waals surface area (Å²) in [6.07, 6.45) is 0. The van der Waals surface area contributed by atoms with Crippen molar-refractivity contribution in [1.29, 1.82) is 0 Å². The minimum atomic E-state index is -0.570. The molecule has 0 saturated heterocycles. The van der Waals surface area contributed by atoms with Gasteiger partial charge in [-0.1, -0.05) is 15.9 Å². The highest BCUT2D eigenvalue weighted by molar-refractivity contribution is 9.10. The Morgan fingerprint density at radius 2 is 1.76 bits per heavy atom. The lowest BCUT2D eigenvalue weighted by Crippen LogP contribution is -2.27. The number of hydrogen-bond donors (Lipinski definition) is 0. The van der Waals surface area contributed by atoms with E-state index >= 15 is 0 Å². The van der Waals surface area contributed by atoms with Crippen LogP contribution in [-0.2, 0) is 6.54 Å². The summed E-state index contributed by atoms with van der Waals surface area (Å²) in [4.78, 5) is 14.0. The van der Waals surface area contributed by atoms with Gasteiger partial charge >= 0.3 is 0 Å². The minimum Gasteiger partial charge on any atom is -0.493 e. The van der Waals surface area contributed by atoms with Crippen LogP contribution in [0.4, 0.5) is 4.39 Å². The molecule has 0 aromatic heterocycles. The number of nitrogens with zero attached hydrogens (tertiary/aromatic N) is 1. The van der Waals surface area contributed by atoms with Gasteiger partial charge in [-0.15, -0.1) is 0 Å². The van der Waals surface area contributed by atoms with E-state index in [0.29, 0.717) is 27.3 Å². The normalized spacial score (nSPS) is 10.3. The molecular formula is C18H19BrFNO4. The number of ether oxygens (including phenoxy) is 3. The quantitative estimate of drug-likeness (QED) is 0.723. The fourth-order valence-corrected chi connectivity index (χ4v) is 2.84. The summed E-state index contributed by atoms with van der Waals surface area (Å²) in [6.45, 7) is 0.217. The first kappa shape index (κ1) is 19.1. The zero-order valence-corrected chi connectivity index (χ0v) is 16.0. The van der Waals surface area contributed by atoms with E-state index in [1.54, 1.807) is 25.2 Å². The zero-order valence-electron chi connectivity index (χ0n) is 14.4. The molecule has 0 N–H and O–H groups in total. The third-order valence-electron chi connectivity index (χ3n) is 3.70. The predicted molar refractivity (Wildman–Crippen MR) is 96.0 cm³/mol. The second kappa shape index (κ2) is 8.20. The van der Waals surface area contributed by atoms with E-state index in [1.807, 2.05) is 0 Å². The Morgan fingerprint density at radius 3 is 2.36 bits per heavy atom. The number of amides is 1. The van der Waals surface area contributed by atoms with Crippen LogP contribution >= 0.6 is 15.9 Å². The second-order valence-electron chi connectivity index (χ2n) is 5.28. The Balaban J connectivity index is 2.32. The third kappa shape index (κ3) is 4.04. The van der Waals surface area contributed by atoms with Crippen LogP contribution in [0.1, 0.15) is 15.9 Å². The van der Waals surface area contributed by atoms with Crippen LogP contribution in [0.2, 0.25) is 0 Å². The minimum absolute atomic E-state index is 0.00341. The van der Waals surface area contributed by atoms with Crippen molar-refractivity contribution in [2.24, 2.45) is 0 Å². The van der Waals surface area contributed by atoms with E-state index in [-0.39, 0.29) is 12.1 Å². The van der Waals surface area contributed by atoms with E-state index in [1.165, 1.54) is 38.4 Å². The molecular weight excluding hydrogens is 393 g/mol. The smallest absolute Gasteiger partial charge is 0.256 e. The number of hydrogen-bond acceptors (Lipinski definition) is 4. The molecule has 2 rings (SSSR count). The molecule has 2 aromatic carbocycles. The summed E-state index contributed by atoms with van der Waals surface area (Å²) in [6, 6.07) is 7.77. The van der Waals surface area contributed by atoms with Gasteiger partial charge in [-0.25, -0.2) is 4.39 Å². The highest BCUT2D eigenvalue weighted by atomic mass is 79.9. The lowest BCUT2D eigenvalue weighted by atomic mass is 10.1. The molecule has 0 heterocycles. The zero-order chi connectivity index (χ0) is 18.6. The van der Waals surface area contributed by atoms with Crippen molar-refractivity contribution in [2.75, 3.05) is 28.4 Å². The van der Waals surface area contributed by atoms with Crippen LogP contribution in [-0.4, -0.2) is 39.2 Å². The van der Waals surface area contributed by atoms with Crippen molar-refractivity contribution in [3.63, 3.8) is 0 Å². The van der Waals surface area contributed by atoms with Gasteiger partial charge in [-0.05, 0) is 30.3 Å². The molecule has 0 aliphatic rings. The maximum absolute atomic E-state index is 14.0. The molecule has 0 atom stereocenters. The maximum atomic E-state index is 14.0. The molecule has 134 valence electrons. The molecule has 25 heavy (non-hydrogen) atoms. The molecule has 0 radical (unpaired) electrons. The molecule has 0 saturated carbocycles. The molecule has 0 fully saturated rings. The fraction of sp³-hybridized carbons (Fsp3) is 0.278. The van der Waals surface area contributed by atoms with Crippen LogP contribution in [0, 0.1) is 5.82 Å². The molecule has 0 aliphatic heterocycles. The Labute approximate surface area is 154 Å². The van der Waals surface area contributed by atoms with Gasteiger partial charge in [-0.3, -0.25) is 4.79 Å². The molecule has 7 heteroatoms. The van der Waals surface area contributed by atoms with Crippen LogP contribution in [0.3, 0.4) is 0 Å². The van der Waals surface area contributed by atoms with E-state index in [0.717, 1.165) is 0 Å². The SMILES string of the molecule is COc1ccc(CN(C)C(=O)c2cc(Br)ccc2F)c(OC)c1OC. The van der Waals surface area contributed by atoms with Crippen molar-refractivity contribution in [1.82, 2.24) is 4.90 Å². The summed E-state index contributed by atoms with van der Waals surface area (Å²) in [5, 5.41) is 0. The third-order valence-corrected chi connectivity index (χ3v) is 4.19. The Hall–Kier alpha value is -2.28. The lowest BCUT2D eigenvalue weighted by molar-refractivity contribution is 0.0779. The van der Waals surface area contributed by atoms with Crippen LogP contribution in [0.25, 0.3) is 0 Å². The fourth-order valence-electron chi connectivity index (χ4n) is 2.48. The van der Waals surface area contributed by atoms with Crippen molar-refractivity contribution in [3.8, 4) is 17.2 Å². The number of methoxy groups -OCH3 is 3. The van der Waals surface area contributed by atoms with Crippen LogP contribution in [0.15, 0.2) is 34.8 Å². The Kier molecular flexibility index (Phi) is 6.25. The van der Waals surface area contributed by atoms with Gasteiger partial charge in [0.05, 0.1) is 26.9 Å². The number of carbonyl (C=O) groups excluding carboxylic acids is 1. The Bertz CT molecular complexity index is 782. The molecule has 5 nitrogen and oxygen atoms in total. The van der Waals surface area contributed by atoms with Gasteiger partial charge in [0, 0.05) is 23.6 Å². The maximum Gasteiger partial charge on any atom is 0.256 e. The van der Waals surface area contributed by atoms with Gasteiger partial charge in [0.25, 0.3) is 5.91 Å². The van der Waals surface area contributed by atoms with Crippen molar-refractivity contribution in [3.05, 3.63) is 51.7 Å². The van der Waals surface area contributed by atoms with E-state index in [4.69, 9.17) is 14.2 Å². The summed E-state index contributed by atoms with van der Waals surface area (Å²) < 4.78 is 30.6. The monoisotopic (exact) mass is 411 g/mol. The standard InChI is InChI=1S/C18H19BrFNO4/c1-21(18(22)13-9-12(19)6-7-14(13)20)10-11-5-8-15(23-2)17(25-4)16(11)24-3/h5-9H,10H2,1-4H3. The molecule has 0 unspecified atom stereocenters. The molecule has 0 bridgehead atoms. The average molecular weight is 412 g/mol. The number of rotatable bonds is 6. The topological polar surface area (TPSA) is 48.0 Å². The van der Waals surface area contributed by atoms with Crippen LogP contribution < -0.4 is 14.2 Å². The predicted octanol–water partition coefficient (Wildman–Crippen LogP) is 3.89. The molecule has 0 spiro atoms. The van der Waals surface area contributed by atoms with E-state index in [2.05, 4.69) is 15.9 Å². The van der Waals surface area contributed by atoms with Gasteiger partial charge in [-0.2, -0.15) is 0 Å². The van der Waals surface area contributed by atoms with E-state index in [9.17, 15) is 9.18 Å². The number of carbonyl (C=O) groups is 1. The summed E-state index contributed by atoms with van der Waals surface area (Å²) in [5.74, 6) is 0.429. The van der Waals surface area contributed by atoms with Crippen molar-refractivity contribution >= 4 is 21.8 Å². The highest BCUT2D eigenvalue weighted by Gasteiger charge is 2.21. The second-order valence-corrected chi connectivity index (χ2v) is 6.19. The summed E-state index contributed by atoms with van der Waals surface area (Å²) >= 11 is 3.25. The van der Waals surface area contributed by atoms with E-state index < -0.39 is 11.7 Å². The van der Waals surface area contributed by atoms with Crippen molar-refractivity contribution < 1.29 is 23.4 Å². The highest BCUT2D eigenvalue weighted by Crippen LogP contribution is 2.40. The molecule has 0 aliphatic carbocycles. The van der Waals surface area contributed by atoms with Gasteiger partial charge < -0.3 is 19.1 Å². The molecule has 2 aromatic rings.